The van der Waals surface area contributed by atoms with Gasteiger partial charge in [-0.05, 0) is 61.3 Å². The van der Waals surface area contributed by atoms with Crippen LogP contribution >= 0.6 is 0 Å². The van der Waals surface area contributed by atoms with Crippen LogP contribution < -0.4 is 0 Å². The van der Waals surface area contributed by atoms with Crippen LogP contribution in [-0.2, 0) is 0 Å². The minimum absolute atomic E-state index is 0.169. The second-order valence-corrected chi connectivity index (χ2v) is 6.62. The molecule has 1 aliphatic heterocycles. The molecule has 1 fully saturated rings. The summed E-state index contributed by atoms with van der Waals surface area (Å²) < 4.78 is 13.1. The summed E-state index contributed by atoms with van der Waals surface area (Å²) in [6.07, 6.45) is 7.92. The van der Waals surface area contributed by atoms with E-state index in [1.807, 2.05) is 6.08 Å². The molecule has 0 saturated heterocycles. The van der Waals surface area contributed by atoms with E-state index in [0.29, 0.717) is 41.8 Å². The minimum Gasteiger partial charge on any atom is -0.274 e. The molecule has 1 aromatic carbocycles. The molecule has 3 atom stereocenters. The molecule has 1 saturated carbocycles. The molecule has 1 aromatic rings. The van der Waals surface area contributed by atoms with Crippen LogP contribution in [0.5, 0.6) is 0 Å². The number of hydrogen-bond acceptors (Lipinski definition) is 2. The third-order valence-electron chi connectivity index (χ3n) is 5.41. The molecule has 1 heterocycles. The first-order valence-electron chi connectivity index (χ1n) is 8.14. The van der Waals surface area contributed by atoms with Crippen LogP contribution in [0.3, 0.4) is 0 Å². The van der Waals surface area contributed by atoms with Gasteiger partial charge in [-0.2, -0.15) is 0 Å². The van der Waals surface area contributed by atoms with E-state index in [-0.39, 0.29) is 17.6 Å². The lowest BCUT2D eigenvalue weighted by Crippen LogP contribution is -2.43. The highest BCUT2D eigenvalue weighted by atomic mass is 19.1. The molecule has 4 rings (SSSR count). The number of carbonyl (C=O) groups excluding carboxylic acids is 2. The Bertz CT molecular complexity index is 702. The quantitative estimate of drug-likeness (QED) is 0.798. The summed E-state index contributed by atoms with van der Waals surface area (Å²) in [5, 5.41) is 0. The smallest absolute Gasteiger partial charge is 0.261 e. The van der Waals surface area contributed by atoms with Gasteiger partial charge >= 0.3 is 0 Å². The number of allylic oxidation sites excluding steroid dienone is 4. The van der Waals surface area contributed by atoms with Gasteiger partial charge in [0.15, 0.2) is 0 Å². The first kappa shape index (κ1) is 14.4. The fraction of sp³-hybridized carbons (Fsp3) is 0.368. The number of hydrogen-bond donors (Lipinski definition) is 0. The average Bonchev–Trinajstić information content (AvgIpc) is 2.78. The van der Waals surface area contributed by atoms with Gasteiger partial charge in [0, 0.05) is 6.54 Å². The van der Waals surface area contributed by atoms with Gasteiger partial charge in [-0.1, -0.05) is 18.2 Å². The summed E-state index contributed by atoms with van der Waals surface area (Å²) in [4.78, 5) is 26.3. The number of nitrogens with zero attached hydrogens (tertiary/aromatic N) is 1. The fourth-order valence-electron chi connectivity index (χ4n) is 3.95. The second kappa shape index (κ2) is 5.44. The highest BCUT2D eigenvalue weighted by molar-refractivity contribution is 6.21. The average molecular weight is 311 g/mol. The Balaban J connectivity index is 1.46. The van der Waals surface area contributed by atoms with Crippen LogP contribution in [0, 0.1) is 17.8 Å². The van der Waals surface area contributed by atoms with Crippen molar-refractivity contribution in [3.05, 3.63) is 59.4 Å². The van der Waals surface area contributed by atoms with Crippen LogP contribution in [0.25, 0.3) is 0 Å². The third kappa shape index (κ3) is 2.33. The number of fused-ring (bicyclic) bond motifs is 1. The first-order chi connectivity index (χ1) is 11.1. The zero-order valence-corrected chi connectivity index (χ0v) is 12.7. The van der Waals surface area contributed by atoms with Crippen molar-refractivity contribution in [3.63, 3.8) is 0 Å². The largest absolute Gasteiger partial charge is 0.274 e. The predicted molar refractivity (Wildman–Crippen MR) is 84.5 cm³/mol. The maximum absolute atomic E-state index is 13.1. The van der Waals surface area contributed by atoms with Crippen LogP contribution in [0.15, 0.2) is 48.3 Å². The SMILES string of the molecule is O=C1c2ccccc2C(=O)N1CC1CCC1C1C=CC(F)=CC1. The molecule has 3 nitrogen and oxygen atoms in total. The van der Waals surface area contributed by atoms with Gasteiger partial charge in [0.25, 0.3) is 11.8 Å². The standard InChI is InChI=1S/C19H18FNO2/c20-14-8-5-12(6-9-14)15-10-7-13(15)11-21-18(22)16-3-1-2-4-17(16)19(21)23/h1-5,8-9,12-13,15H,6-7,10-11H2. The molecule has 2 aliphatic carbocycles. The molecular weight excluding hydrogens is 293 g/mol. The maximum Gasteiger partial charge on any atom is 0.261 e. The summed E-state index contributed by atoms with van der Waals surface area (Å²) >= 11 is 0. The number of rotatable bonds is 3. The van der Waals surface area contributed by atoms with Gasteiger partial charge in [0.1, 0.15) is 5.83 Å². The van der Waals surface area contributed by atoms with Crippen LogP contribution in [0.2, 0.25) is 0 Å². The van der Waals surface area contributed by atoms with E-state index in [1.54, 1.807) is 30.3 Å². The molecule has 2 amide bonds. The molecule has 4 heteroatoms. The third-order valence-corrected chi connectivity index (χ3v) is 5.41. The molecular formula is C19H18FNO2. The van der Waals surface area contributed by atoms with E-state index in [1.165, 1.54) is 11.0 Å². The zero-order valence-electron chi connectivity index (χ0n) is 12.7. The zero-order chi connectivity index (χ0) is 16.0. The molecule has 0 radical (unpaired) electrons. The van der Waals surface area contributed by atoms with E-state index >= 15 is 0 Å². The summed E-state index contributed by atoms with van der Waals surface area (Å²) in [6, 6.07) is 7.00. The molecule has 0 N–H and O–H groups in total. The molecule has 0 spiro atoms. The Morgan fingerprint density at radius 1 is 1.09 bits per heavy atom. The highest BCUT2D eigenvalue weighted by Gasteiger charge is 2.42. The van der Waals surface area contributed by atoms with E-state index in [9.17, 15) is 14.0 Å². The monoisotopic (exact) mass is 311 g/mol. The van der Waals surface area contributed by atoms with Gasteiger partial charge < -0.3 is 0 Å². The topological polar surface area (TPSA) is 37.4 Å². The summed E-state index contributed by atoms with van der Waals surface area (Å²) in [6.45, 7) is 0.480. The van der Waals surface area contributed by atoms with Crippen LogP contribution in [0.4, 0.5) is 4.39 Å². The highest BCUT2D eigenvalue weighted by Crippen LogP contribution is 2.44. The second-order valence-electron chi connectivity index (χ2n) is 6.62. The van der Waals surface area contributed by atoms with Crippen LogP contribution in [0.1, 0.15) is 40.0 Å². The van der Waals surface area contributed by atoms with E-state index in [4.69, 9.17) is 0 Å². The Hall–Kier alpha value is -2.23. The molecule has 3 unspecified atom stereocenters. The minimum atomic E-state index is -0.179. The van der Waals surface area contributed by atoms with Gasteiger partial charge in [0.2, 0.25) is 0 Å². The molecule has 3 aliphatic rings. The number of amides is 2. The predicted octanol–water partition coefficient (Wildman–Crippen LogP) is 3.74. The van der Waals surface area contributed by atoms with Gasteiger partial charge in [-0.15, -0.1) is 0 Å². The lowest BCUT2D eigenvalue weighted by atomic mass is 9.65. The summed E-state index contributed by atoms with van der Waals surface area (Å²) in [7, 11) is 0. The molecule has 23 heavy (non-hydrogen) atoms. The summed E-state index contributed by atoms with van der Waals surface area (Å²) in [5.41, 5.74) is 1.02. The van der Waals surface area contributed by atoms with Crippen molar-refractivity contribution < 1.29 is 14.0 Å². The Labute approximate surface area is 134 Å². The van der Waals surface area contributed by atoms with Crippen molar-refractivity contribution in [2.75, 3.05) is 6.54 Å². The van der Waals surface area contributed by atoms with Gasteiger partial charge in [0.05, 0.1) is 11.1 Å². The maximum atomic E-state index is 13.1. The lowest BCUT2D eigenvalue weighted by Gasteiger charge is -2.42. The van der Waals surface area contributed by atoms with Gasteiger partial charge in [-0.25, -0.2) is 4.39 Å². The van der Waals surface area contributed by atoms with Crippen molar-refractivity contribution in [3.8, 4) is 0 Å². The molecule has 0 bridgehead atoms. The van der Waals surface area contributed by atoms with Crippen molar-refractivity contribution in [2.45, 2.75) is 19.3 Å². The molecule has 0 aromatic heterocycles. The van der Waals surface area contributed by atoms with E-state index in [0.717, 1.165) is 12.8 Å². The van der Waals surface area contributed by atoms with E-state index < -0.39 is 0 Å². The normalized spacial score (nSPS) is 29.3. The van der Waals surface area contributed by atoms with Crippen LogP contribution in [-0.4, -0.2) is 23.3 Å². The fourth-order valence-corrected chi connectivity index (χ4v) is 3.95. The number of benzene rings is 1. The molecule has 118 valence electrons. The number of halogens is 1. The van der Waals surface area contributed by atoms with Crippen molar-refractivity contribution >= 4 is 11.8 Å². The Morgan fingerprint density at radius 2 is 1.78 bits per heavy atom. The number of imide groups is 1. The van der Waals surface area contributed by atoms with Crippen molar-refractivity contribution in [1.29, 1.82) is 0 Å². The first-order valence-corrected chi connectivity index (χ1v) is 8.14. The summed E-state index contributed by atoms with van der Waals surface area (Å²) in [5.74, 6) is 0.546. The Morgan fingerprint density at radius 3 is 2.30 bits per heavy atom. The lowest BCUT2D eigenvalue weighted by molar-refractivity contribution is 0.0484. The van der Waals surface area contributed by atoms with Crippen molar-refractivity contribution in [2.24, 2.45) is 17.8 Å². The Kier molecular flexibility index (Phi) is 3.40. The van der Waals surface area contributed by atoms with Gasteiger partial charge in [-0.3, -0.25) is 14.5 Å². The van der Waals surface area contributed by atoms with Crippen molar-refractivity contribution in [1.82, 2.24) is 4.90 Å². The van der Waals surface area contributed by atoms with E-state index in [2.05, 4.69) is 0 Å². The number of carbonyl (C=O) groups is 2.